The average Bonchev–Trinajstić information content (AvgIpc) is 2.62. The number of rotatable bonds is 2. The predicted molar refractivity (Wildman–Crippen MR) is 91.6 cm³/mol. The number of halogens is 2. The summed E-state index contributed by atoms with van der Waals surface area (Å²) in [6.45, 7) is 5.78. The highest BCUT2D eigenvalue weighted by atomic mass is 19.1. The minimum absolute atomic E-state index is 0.0142. The van der Waals surface area contributed by atoms with Crippen LogP contribution in [0.1, 0.15) is 37.0 Å². The monoisotopic (exact) mass is 366 g/mol. The molecule has 0 radical (unpaired) electrons. The molecule has 2 heterocycles. The highest BCUT2D eigenvalue weighted by Gasteiger charge is 2.34. The van der Waals surface area contributed by atoms with E-state index in [1.54, 1.807) is 0 Å². The summed E-state index contributed by atoms with van der Waals surface area (Å²) in [7, 11) is 0. The fourth-order valence-corrected chi connectivity index (χ4v) is 3.78. The molecule has 5 nitrogen and oxygen atoms in total. The Labute approximate surface area is 151 Å². The molecule has 1 aromatic carbocycles. The molecule has 2 aliphatic heterocycles. The van der Waals surface area contributed by atoms with E-state index in [2.05, 4.69) is 0 Å². The van der Waals surface area contributed by atoms with Crippen molar-refractivity contribution in [1.29, 1.82) is 0 Å². The quantitative estimate of drug-likeness (QED) is 0.808. The van der Waals surface area contributed by atoms with Crippen molar-refractivity contribution in [3.63, 3.8) is 0 Å². The number of benzene rings is 1. The van der Waals surface area contributed by atoms with E-state index in [1.807, 2.05) is 18.7 Å². The van der Waals surface area contributed by atoms with E-state index in [1.165, 1.54) is 4.90 Å². The van der Waals surface area contributed by atoms with Crippen LogP contribution in [0.15, 0.2) is 18.2 Å². The largest absolute Gasteiger partial charge is 0.372 e. The van der Waals surface area contributed by atoms with Crippen molar-refractivity contribution in [1.82, 2.24) is 9.80 Å². The molecule has 0 N–H and O–H groups in total. The summed E-state index contributed by atoms with van der Waals surface area (Å²) >= 11 is 0. The topological polar surface area (TPSA) is 49.9 Å². The van der Waals surface area contributed by atoms with Crippen molar-refractivity contribution in [3.05, 3.63) is 35.4 Å². The van der Waals surface area contributed by atoms with Gasteiger partial charge in [-0.05, 0) is 44.9 Å². The predicted octanol–water partition coefficient (Wildman–Crippen LogP) is 2.45. The van der Waals surface area contributed by atoms with Crippen LogP contribution in [-0.4, -0.2) is 60.0 Å². The van der Waals surface area contributed by atoms with E-state index in [9.17, 15) is 18.4 Å². The lowest BCUT2D eigenvalue weighted by molar-refractivity contribution is -0.148. The summed E-state index contributed by atoms with van der Waals surface area (Å²) in [6.07, 6.45) is 1.09. The van der Waals surface area contributed by atoms with Gasteiger partial charge >= 0.3 is 0 Å². The van der Waals surface area contributed by atoms with Gasteiger partial charge in [-0.25, -0.2) is 8.78 Å². The van der Waals surface area contributed by atoms with Crippen molar-refractivity contribution in [2.24, 2.45) is 5.92 Å². The number of carbonyl (C=O) groups is 2. The number of piperidine rings is 1. The fraction of sp³-hybridized carbons (Fsp3) is 0.579. The summed E-state index contributed by atoms with van der Waals surface area (Å²) in [5, 5.41) is 0. The third-order valence-corrected chi connectivity index (χ3v) is 5.02. The standard InChI is InChI=1S/C19H24F2N2O3/c1-12-10-23(11-13(2)26-12)18(24)14-5-7-22(8-6-14)19(25)16-9-15(20)3-4-17(16)21/h3-4,9,12-14H,5-8,10-11H2,1-2H3. The van der Waals surface area contributed by atoms with Crippen LogP contribution >= 0.6 is 0 Å². The van der Waals surface area contributed by atoms with Gasteiger partial charge in [-0.3, -0.25) is 9.59 Å². The van der Waals surface area contributed by atoms with Crippen LogP contribution in [-0.2, 0) is 9.53 Å². The van der Waals surface area contributed by atoms with Crippen LogP contribution in [0.4, 0.5) is 8.78 Å². The maximum absolute atomic E-state index is 13.8. The molecular formula is C19H24F2N2O3. The van der Waals surface area contributed by atoms with Crippen LogP contribution in [0.5, 0.6) is 0 Å². The molecule has 3 rings (SSSR count). The number of hydrogen-bond donors (Lipinski definition) is 0. The molecule has 0 spiro atoms. The lowest BCUT2D eigenvalue weighted by Crippen LogP contribution is -2.51. The lowest BCUT2D eigenvalue weighted by atomic mass is 9.94. The smallest absolute Gasteiger partial charge is 0.256 e. The number of carbonyl (C=O) groups excluding carboxylic acids is 2. The zero-order valence-corrected chi connectivity index (χ0v) is 15.1. The molecule has 26 heavy (non-hydrogen) atoms. The number of morpholine rings is 1. The van der Waals surface area contributed by atoms with Gasteiger partial charge in [0.1, 0.15) is 11.6 Å². The molecule has 2 unspecified atom stereocenters. The summed E-state index contributed by atoms with van der Waals surface area (Å²) in [5.74, 6) is -1.95. The van der Waals surface area contributed by atoms with Crippen LogP contribution in [0.2, 0.25) is 0 Å². The van der Waals surface area contributed by atoms with E-state index in [-0.39, 0.29) is 29.6 Å². The lowest BCUT2D eigenvalue weighted by Gasteiger charge is -2.39. The first-order chi connectivity index (χ1) is 12.3. The second kappa shape index (κ2) is 7.70. The minimum Gasteiger partial charge on any atom is -0.372 e. The van der Waals surface area contributed by atoms with E-state index < -0.39 is 17.5 Å². The number of likely N-dealkylation sites (tertiary alicyclic amines) is 1. The van der Waals surface area contributed by atoms with Gasteiger partial charge in [0.15, 0.2) is 0 Å². The first-order valence-corrected chi connectivity index (χ1v) is 9.03. The summed E-state index contributed by atoms with van der Waals surface area (Å²) < 4.78 is 32.8. The molecule has 0 bridgehead atoms. The van der Waals surface area contributed by atoms with E-state index >= 15 is 0 Å². The Morgan fingerprint density at radius 2 is 1.65 bits per heavy atom. The summed E-state index contributed by atoms with van der Waals surface area (Å²) in [4.78, 5) is 28.5. The Kier molecular flexibility index (Phi) is 5.55. The number of ether oxygens (including phenoxy) is 1. The Bertz CT molecular complexity index is 679. The zero-order chi connectivity index (χ0) is 18.8. The average molecular weight is 366 g/mol. The van der Waals surface area contributed by atoms with Gasteiger partial charge in [0, 0.05) is 32.1 Å². The van der Waals surface area contributed by atoms with E-state index in [0.717, 1.165) is 18.2 Å². The first kappa shape index (κ1) is 18.8. The van der Waals surface area contributed by atoms with Crippen molar-refractivity contribution < 1.29 is 23.1 Å². The normalized spacial score (nSPS) is 24.6. The van der Waals surface area contributed by atoms with Crippen LogP contribution in [0.25, 0.3) is 0 Å². The fourth-order valence-electron chi connectivity index (χ4n) is 3.78. The molecule has 7 heteroatoms. The molecule has 2 saturated heterocycles. The molecule has 1 aromatic rings. The summed E-state index contributed by atoms with van der Waals surface area (Å²) in [6, 6.07) is 2.87. The van der Waals surface area contributed by atoms with Crippen LogP contribution in [0, 0.1) is 17.6 Å². The molecule has 2 aliphatic rings. The van der Waals surface area contributed by atoms with Gasteiger partial charge in [0.05, 0.1) is 17.8 Å². The highest BCUT2D eigenvalue weighted by molar-refractivity contribution is 5.94. The Morgan fingerprint density at radius 1 is 1.04 bits per heavy atom. The molecule has 2 atom stereocenters. The second-order valence-corrected chi connectivity index (χ2v) is 7.19. The van der Waals surface area contributed by atoms with Gasteiger partial charge in [0.2, 0.25) is 5.91 Å². The molecular weight excluding hydrogens is 342 g/mol. The van der Waals surface area contributed by atoms with Gasteiger partial charge in [0.25, 0.3) is 5.91 Å². The van der Waals surface area contributed by atoms with Gasteiger partial charge in [-0.15, -0.1) is 0 Å². The maximum Gasteiger partial charge on any atom is 0.256 e. The molecule has 2 amide bonds. The van der Waals surface area contributed by atoms with Crippen molar-refractivity contribution in [2.75, 3.05) is 26.2 Å². The van der Waals surface area contributed by atoms with Gasteiger partial charge in [-0.2, -0.15) is 0 Å². The molecule has 2 fully saturated rings. The zero-order valence-electron chi connectivity index (χ0n) is 15.1. The Balaban J connectivity index is 1.59. The summed E-state index contributed by atoms with van der Waals surface area (Å²) in [5.41, 5.74) is -0.259. The van der Waals surface area contributed by atoms with Crippen LogP contribution < -0.4 is 0 Å². The molecule has 0 aliphatic carbocycles. The molecule has 142 valence electrons. The number of nitrogens with zero attached hydrogens (tertiary/aromatic N) is 2. The Hall–Kier alpha value is -2.02. The molecule has 0 saturated carbocycles. The third kappa shape index (κ3) is 4.03. The van der Waals surface area contributed by atoms with Crippen molar-refractivity contribution in [3.8, 4) is 0 Å². The first-order valence-electron chi connectivity index (χ1n) is 9.03. The van der Waals surface area contributed by atoms with Gasteiger partial charge < -0.3 is 14.5 Å². The van der Waals surface area contributed by atoms with Crippen molar-refractivity contribution in [2.45, 2.75) is 38.9 Å². The number of hydrogen-bond acceptors (Lipinski definition) is 3. The Morgan fingerprint density at radius 3 is 2.27 bits per heavy atom. The van der Waals surface area contributed by atoms with E-state index in [0.29, 0.717) is 39.0 Å². The third-order valence-electron chi connectivity index (χ3n) is 5.02. The molecule has 0 aromatic heterocycles. The number of amides is 2. The minimum atomic E-state index is -0.731. The highest BCUT2D eigenvalue weighted by Crippen LogP contribution is 2.24. The van der Waals surface area contributed by atoms with Gasteiger partial charge in [-0.1, -0.05) is 0 Å². The second-order valence-electron chi connectivity index (χ2n) is 7.19. The van der Waals surface area contributed by atoms with Crippen molar-refractivity contribution >= 4 is 11.8 Å². The van der Waals surface area contributed by atoms with E-state index in [4.69, 9.17) is 4.74 Å². The van der Waals surface area contributed by atoms with Crippen LogP contribution in [0.3, 0.4) is 0 Å². The maximum atomic E-state index is 13.8. The SMILES string of the molecule is CC1CN(C(=O)C2CCN(C(=O)c3cc(F)ccc3F)CC2)CC(C)O1.